The summed E-state index contributed by atoms with van der Waals surface area (Å²) < 4.78 is 0. The van der Waals surface area contributed by atoms with Crippen LogP contribution in [0.5, 0.6) is 0 Å². The lowest BCUT2D eigenvalue weighted by atomic mass is 9.88. The van der Waals surface area contributed by atoms with E-state index in [0.29, 0.717) is 5.56 Å². The van der Waals surface area contributed by atoms with E-state index >= 15 is 0 Å². The van der Waals surface area contributed by atoms with Gasteiger partial charge in [0.2, 0.25) is 5.91 Å². The molecule has 1 aliphatic carbocycles. The molecule has 6 amide bonds. The molecule has 8 heteroatoms. The van der Waals surface area contributed by atoms with E-state index in [1.54, 1.807) is 13.0 Å². The molecule has 2 aromatic rings. The number of carbonyl (C=O) groups is 4. The van der Waals surface area contributed by atoms with Gasteiger partial charge in [0.25, 0.3) is 5.91 Å². The van der Waals surface area contributed by atoms with Crippen LogP contribution in [0.3, 0.4) is 0 Å². The van der Waals surface area contributed by atoms with Gasteiger partial charge in [-0.1, -0.05) is 61.7 Å². The third-order valence-electron chi connectivity index (χ3n) is 6.10. The number of amides is 6. The Morgan fingerprint density at radius 1 is 1.06 bits per heavy atom. The van der Waals surface area contributed by atoms with Crippen LogP contribution in [0.15, 0.2) is 42.5 Å². The Bertz CT molecular complexity index is 1040. The third kappa shape index (κ3) is 4.10. The van der Waals surface area contributed by atoms with Crippen molar-refractivity contribution in [2.24, 2.45) is 0 Å². The SMILES string of the molecule is CC1(c2cccc3ccccc23)NC(=O)N(CC(=O)NC(=O)NC2CCCCC2)C1=O. The number of urea groups is 2. The third-order valence-corrected chi connectivity index (χ3v) is 6.10. The predicted octanol–water partition coefficient (Wildman–Crippen LogP) is 2.77. The molecule has 162 valence electrons. The lowest BCUT2D eigenvalue weighted by Crippen LogP contribution is -2.49. The molecule has 0 radical (unpaired) electrons. The number of nitrogens with zero attached hydrogens (tertiary/aromatic N) is 1. The highest BCUT2D eigenvalue weighted by atomic mass is 16.2. The zero-order chi connectivity index (χ0) is 22.0. The first-order valence-corrected chi connectivity index (χ1v) is 10.6. The number of hydrogen-bond acceptors (Lipinski definition) is 4. The quantitative estimate of drug-likeness (QED) is 0.659. The van der Waals surface area contributed by atoms with Gasteiger partial charge >= 0.3 is 12.1 Å². The fourth-order valence-electron chi connectivity index (χ4n) is 4.46. The molecule has 0 bridgehead atoms. The van der Waals surface area contributed by atoms with Crippen molar-refractivity contribution >= 4 is 34.6 Å². The summed E-state index contributed by atoms with van der Waals surface area (Å²) in [5, 5.41) is 9.52. The first-order chi connectivity index (χ1) is 14.9. The molecule has 2 fully saturated rings. The van der Waals surface area contributed by atoms with Gasteiger partial charge in [-0.2, -0.15) is 0 Å². The van der Waals surface area contributed by atoms with Gasteiger partial charge < -0.3 is 10.6 Å². The summed E-state index contributed by atoms with van der Waals surface area (Å²) in [5.41, 5.74) is -0.648. The minimum atomic E-state index is -1.30. The van der Waals surface area contributed by atoms with E-state index in [9.17, 15) is 19.2 Å². The Balaban J connectivity index is 1.45. The topological polar surface area (TPSA) is 108 Å². The average molecular weight is 422 g/mol. The van der Waals surface area contributed by atoms with E-state index in [-0.39, 0.29) is 6.04 Å². The normalized spacial score (nSPS) is 21.8. The molecule has 0 spiro atoms. The van der Waals surface area contributed by atoms with Crippen molar-refractivity contribution in [3.05, 3.63) is 48.0 Å². The molecule has 1 unspecified atom stereocenters. The number of hydrogen-bond donors (Lipinski definition) is 3. The molecule has 1 saturated carbocycles. The fraction of sp³-hybridized carbons (Fsp3) is 0.391. The van der Waals surface area contributed by atoms with Crippen molar-refractivity contribution < 1.29 is 19.2 Å². The summed E-state index contributed by atoms with van der Waals surface area (Å²) in [6, 6.07) is 11.9. The summed E-state index contributed by atoms with van der Waals surface area (Å²) in [4.78, 5) is 51.1. The number of carbonyl (C=O) groups excluding carboxylic acids is 4. The van der Waals surface area contributed by atoms with Crippen molar-refractivity contribution in [1.82, 2.24) is 20.9 Å². The lowest BCUT2D eigenvalue weighted by Gasteiger charge is -2.24. The standard InChI is InChI=1S/C23H26N4O4/c1-23(18-13-7-9-15-8-5-6-12-17(15)18)20(29)27(22(31)26-23)14-19(28)25-21(30)24-16-10-3-2-4-11-16/h5-9,12-13,16H,2-4,10-11,14H2,1H3,(H,26,31)(H2,24,25,28,30). The summed E-state index contributed by atoms with van der Waals surface area (Å²) >= 11 is 0. The molecule has 0 aromatic heterocycles. The van der Waals surface area contributed by atoms with Crippen LogP contribution in [0.25, 0.3) is 10.8 Å². The molecule has 1 heterocycles. The Kier molecular flexibility index (Phi) is 5.63. The van der Waals surface area contributed by atoms with Gasteiger partial charge in [0.1, 0.15) is 12.1 Å². The molecule has 1 aliphatic heterocycles. The molecule has 2 aromatic carbocycles. The predicted molar refractivity (Wildman–Crippen MR) is 115 cm³/mol. The molecule has 2 aliphatic rings. The smallest absolute Gasteiger partial charge is 0.325 e. The highest BCUT2D eigenvalue weighted by molar-refractivity contribution is 6.11. The molecular weight excluding hydrogens is 396 g/mol. The monoisotopic (exact) mass is 422 g/mol. The van der Waals surface area contributed by atoms with Crippen molar-refractivity contribution in [2.75, 3.05) is 6.54 Å². The van der Waals surface area contributed by atoms with E-state index in [4.69, 9.17) is 0 Å². The maximum Gasteiger partial charge on any atom is 0.325 e. The van der Waals surface area contributed by atoms with E-state index in [2.05, 4.69) is 16.0 Å². The molecule has 3 N–H and O–H groups in total. The van der Waals surface area contributed by atoms with Gasteiger partial charge in [-0.3, -0.25) is 19.8 Å². The molecule has 4 rings (SSSR count). The number of imide groups is 2. The largest absolute Gasteiger partial charge is 0.335 e. The van der Waals surface area contributed by atoms with Crippen LogP contribution in [0.4, 0.5) is 9.59 Å². The highest BCUT2D eigenvalue weighted by Crippen LogP contribution is 2.33. The van der Waals surface area contributed by atoms with Crippen LogP contribution < -0.4 is 16.0 Å². The molecular formula is C23H26N4O4. The zero-order valence-electron chi connectivity index (χ0n) is 17.4. The highest BCUT2D eigenvalue weighted by Gasteiger charge is 2.50. The van der Waals surface area contributed by atoms with E-state index < -0.39 is 36.0 Å². The van der Waals surface area contributed by atoms with Gasteiger partial charge in [-0.15, -0.1) is 0 Å². The molecule has 1 atom stereocenters. The number of fused-ring (bicyclic) bond motifs is 1. The first kappa shape index (κ1) is 20.8. The maximum atomic E-state index is 13.2. The number of nitrogens with one attached hydrogen (secondary N) is 3. The summed E-state index contributed by atoms with van der Waals surface area (Å²) in [6.07, 6.45) is 5.03. The van der Waals surface area contributed by atoms with Crippen molar-refractivity contribution in [3.8, 4) is 0 Å². The summed E-state index contributed by atoms with van der Waals surface area (Å²) in [5.74, 6) is -1.24. The average Bonchev–Trinajstić information content (AvgIpc) is 2.97. The van der Waals surface area contributed by atoms with Crippen molar-refractivity contribution in [1.29, 1.82) is 0 Å². The Morgan fingerprint density at radius 3 is 2.55 bits per heavy atom. The van der Waals surface area contributed by atoms with Crippen molar-refractivity contribution in [3.63, 3.8) is 0 Å². The maximum absolute atomic E-state index is 13.2. The van der Waals surface area contributed by atoms with Crippen molar-refractivity contribution in [2.45, 2.75) is 50.6 Å². The van der Waals surface area contributed by atoms with Crippen LogP contribution in [0, 0.1) is 0 Å². The fourth-order valence-corrected chi connectivity index (χ4v) is 4.46. The van der Waals surface area contributed by atoms with E-state index in [1.165, 1.54) is 0 Å². The Labute approximate surface area is 180 Å². The summed E-state index contributed by atoms with van der Waals surface area (Å²) in [6.45, 7) is 1.10. The second-order valence-corrected chi connectivity index (χ2v) is 8.33. The molecule has 31 heavy (non-hydrogen) atoms. The molecule has 1 saturated heterocycles. The van der Waals surface area contributed by atoms with Gasteiger partial charge in [-0.25, -0.2) is 9.59 Å². The van der Waals surface area contributed by atoms with Gasteiger partial charge in [-0.05, 0) is 36.1 Å². The lowest BCUT2D eigenvalue weighted by molar-refractivity contribution is -0.134. The first-order valence-electron chi connectivity index (χ1n) is 10.6. The second-order valence-electron chi connectivity index (χ2n) is 8.33. The van der Waals surface area contributed by atoms with Crippen LogP contribution in [0.1, 0.15) is 44.6 Å². The van der Waals surface area contributed by atoms with Gasteiger partial charge in [0, 0.05) is 6.04 Å². The zero-order valence-corrected chi connectivity index (χ0v) is 17.4. The van der Waals surface area contributed by atoms with Crippen LogP contribution >= 0.6 is 0 Å². The van der Waals surface area contributed by atoms with Gasteiger partial charge in [0.15, 0.2) is 0 Å². The van der Waals surface area contributed by atoms with Crippen LogP contribution in [-0.2, 0) is 15.1 Å². The number of rotatable bonds is 4. The molecule has 8 nitrogen and oxygen atoms in total. The van der Waals surface area contributed by atoms with Crippen LogP contribution in [-0.4, -0.2) is 41.4 Å². The minimum absolute atomic E-state index is 0.0490. The summed E-state index contributed by atoms with van der Waals surface area (Å²) in [7, 11) is 0. The second kappa shape index (κ2) is 8.37. The van der Waals surface area contributed by atoms with E-state index in [0.717, 1.165) is 47.8 Å². The van der Waals surface area contributed by atoms with Crippen LogP contribution in [0.2, 0.25) is 0 Å². The van der Waals surface area contributed by atoms with Gasteiger partial charge in [0.05, 0.1) is 0 Å². The Hall–Kier alpha value is -3.42. The number of benzene rings is 2. The van der Waals surface area contributed by atoms with E-state index in [1.807, 2.05) is 36.4 Å². The minimum Gasteiger partial charge on any atom is -0.335 e. The Morgan fingerprint density at radius 2 is 1.77 bits per heavy atom.